The molecule has 12 unspecified atom stereocenters. The van der Waals surface area contributed by atoms with E-state index in [4.69, 9.17) is 18.9 Å². The van der Waals surface area contributed by atoms with Gasteiger partial charge in [-0.1, -0.05) is 285 Å². The second kappa shape index (κ2) is 58.0. The van der Waals surface area contributed by atoms with Crippen molar-refractivity contribution in [3.05, 3.63) is 85.1 Å². The van der Waals surface area contributed by atoms with Crippen molar-refractivity contribution in [2.24, 2.45) is 0 Å². The normalized spacial score (nSPS) is 23.7. The first-order chi connectivity index (χ1) is 43.1. The Morgan fingerprint density at radius 1 is 0.420 bits per heavy atom. The first-order valence-electron chi connectivity index (χ1n) is 35.8. The molecule has 1 amide bonds. The van der Waals surface area contributed by atoms with Gasteiger partial charge in [0.1, 0.15) is 48.8 Å². The zero-order valence-corrected chi connectivity index (χ0v) is 55.4. The molecular formula is C74H131NO13. The highest BCUT2D eigenvalue weighted by molar-refractivity contribution is 5.76. The molecule has 0 aromatic rings. The molecule has 0 aliphatic carbocycles. The van der Waals surface area contributed by atoms with Gasteiger partial charge in [-0.2, -0.15) is 0 Å². The molecule has 510 valence electrons. The van der Waals surface area contributed by atoms with Crippen LogP contribution in [0.5, 0.6) is 0 Å². The number of rotatable bonds is 58. The molecule has 9 N–H and O–H groups in total. The lowest BCUT2D eigenvalue weighted by molar-refractivity contribution is -0.359. The van der Waals surface area contributed by atoms with Gasteiger partial charge in [0.15, 0.2) is 12.6 Å². The van der Waals surface area contributed by atoms with Gasteiger partial charge in [-0.15, -0.1) is 0 Å². The molecule has 0 bridgehead atoms. The first kappa shape index (κ1) is 81.3. The highest BCUT2D eigenvalue weighted by atomic mass is 16.7. The van der Waals surface area contributed by atoms with Crippen molar-refractivity contribution in [3.63, 3.8) is 0 Å². The summed E-state index contributed by atoms with van der Waals surface area (Å²) in [6.45, 7) is 2.69. The molecule has 0 radical (unpaired) electrons. The number of carbonyl (C=O) groups is 1. The van der Waals surface area contributed by atoms with E-state index in [1.54, 1.807) is 6.08 Å². The average molecular weight is 1240 g/mol. The van der Waals surface area contributed by atoms with E-state index in [1.807, 2.05) is 6.08 Å². The number of aliphatic hydroxyl groups is 8. The molecule has 88 heavy (non-hydrogen) atoms. The van der Waals surface area contributed by atoms with Gasteiger partial charge in [0, 0.05) is 6.42 Å². The largest absolute Gasteiger partial charge is 0.394 e. The number of ether oxygens (including phenoxy) is 4. The number of nitrogens with one attached hydrogen (secondary N) is 1. The summed E-state index contributed by atoms with van der Waals surface area (Å²) in [6, 6.07) is -0.940. The van der Waals surface area contributed by atoms with Crippen molar-refractivity contribution < 1.29 is 64.6 Å². The smallest absolute Gasteiger partial charge is 0.220 e. The van der Waals surface area contributed by atoms with Crippen LogP contribution >= 0.6 is 0 Å². The summed E-state index contributed by atoms with van der Waals surface area (Å²) in [4.78, 5) is 13.3. The monoisotopic (exact) mass is 1240 g/mol. The Morgan fingerprint density at radius 2 is 0.795 bits per heavy atom. The molecule has 12 atom stereocenters. The minimum Gasteiger partial charge on any atom is -0.394 e. The zero-order valence-electron chi connectivity index (χ0n) is 55.4. The fraction of sp³-hybridized carbons (Fsp3) is 0.797. The Hall–Kier alpha value is -2.83. The fourth-order valence-electron chi connectivity index (χ4n) is 11.4. The van der Waals surface area contributed by atoms with E-state index in [0.717, 1.165) is 70.6 Å². The van der Waals surface area contributed by atoms with Crippen LogP contribution in [-0.2, 0) is 23.7 Å². The minimum atomic E-state index is -1.80. The Kier molecular flexibility index (Phi) is 53.6. The van der Waals surface area contributed by atoms with Gasteiger partial charge in [0.25, 0.3) is 0 Å². The molecule has 2 aliphatic rings. The SMILES string of the molecule is CC/C=C\C/C=C\C/C=C\C/C=C\C/C=C\CCCCCCCCCCCCCC(=O)NC(COC1OC(CO)C(OC2OC(CO)C(O)C(O)C2O)C(O)C1O)C(O)/C=C/CC/C=C/CCCCCCCCCCCCCCCCCCCCCCC. The predicted molar refractivity (Wildman–Crippen MR) is 360 cm³/mol. The van der Waals surface area contributed by atoms with Crippen molar-refractivity contribution in [1.82, 2.24) is 5.32 Å². The molecule has 14 nitrogen and oxygen atoms in total. The maximum atomic E-state index is 13.3. The zero-order chi connectivity index (χ0) is 63.8. The molecule has 0 aromatic carbocycles. The Bertz CT molecular complexity index is 1800. The van der Waals surface area contributed by atoms with E-state index in [-0.39, 0.29) is 18.9 Å². The second-order valence-corrected chi connectivity index (χ2v) is 25.0. The summed E-state index contributed by atoms with van der Waals surface area (Å²) in [5.41, 5.74) is 0. The summed E-state index contributed by atoms with van der Waals surface area (Å²) in [5.74, 6) is -0.253. The van der Waals surface area contributed by atoms with Crippen molar-refractivity contribution in [2.75, 3.05) is 19.8 Å². The molecule has 2 fully saturated rings. The predicted octanol–water partition coefficient (Wildman–Crippen LogP) is 14.8. The van der Waals surface area contributed by atoms with E-state index >= 15 is 0 Å². The third kappa shape index (κ3) is 41.6. The molecule has 0 aromatic heterocycles. The van der Waals surface area contributed by atoms with Crippen LogP contribution in [0.25, 0.3) is 0 Å². The minimum absolute atomic E-state index is 0.253. The van der Waals surface area contributed by atoms with E-state index < -0.39 is 86.8 Å². The van der Waals surface area contributed by atoms with Gasteiger partial charge < -0.3 is 65.1 Å². The third-order valence-corrected chi connectivity index (χ3v) is 17.1. The lowest BCUT2D eigenvalue weighted by Gasteiger charge is -2.46. The van der Waals surface area contributed by atoms with Crippen molar-refractivity contribution in [2.45, 2.75) is 357 Å². The van der Waals surface area contributed by atoms with E-state index in [0.29, 0.717) is 12.8 Å². The van der Waals surface area contributed by atoms with Crippen LogP contribution in [0.4, 0.5) is 0 Å². The maximum absolute atomic E-state index is 13.3. The topological polar surface area (TPSA) is 228 Å². The van der Waals surface area contributed by atoms with Gasteiger partial charge in [-0.05, 0) is 77.0 Å². The molecule has 0 spiro atoms. The molecule has 2 heterocycles. The summed E-state index contributed by atoms with van der Waals surface area (Å²) < 4.78 is 22.9. The number of allylic oxidation sites excluding steroid dienone is 13. The standard InChI is InChI=1S/C74H131NO13/c1-3-5-7-9-11-13-15-17-19-21-23-25-27-29-31-33-35-37-39-41-43-45-47-49-51-53-55-57-63(78)62(61-85-73-71(84)69(82)72(65(60-77)87-73)88-74-70(83)68(81)67(80)64(59-76)86-74)75-66(79)58-56-54-52-50-48-46-44-42-40-38-36-34-32-30-28-26-24-22-20-18-16-14-12-10-8-6-4-2/h6,8,12,14,18,20,24,26,30,32,47,49,55,57,62-65,67-74,76-78,80-84H,3-5,7,9-11,13,15-17,19,21-23,25,27-29,31,33-46,48,50-54,56,58-61H2,1-2H3,(H,75,79)/b8-6-,14-12-,20-18-,26-24-,32-30-,49-47+,57-55+. The summed E-state index contributed by atoms with van der Waals surface area (Å²) >= 11 is 0. The highest BCUT2D eigenvalue weighted by Gasteiger charge is 2.51. The quantitative estimate of drug-likeness (QED) is 0.0204. The second-order valence-electron chi connectivity index (χ2n) is 25.0. The van der Waals surface area contributed by atoms with Gasteiger partial charge in [-0.25, -0.2) is 0 Å². The van der Waals surface area contributed by atoms with Gasteiger partial charge >= 0.3 is 0 Å². The van der Waals surface area contributed by atoms with Crippen LogP contribution < -0.4 is 5.32 Å². The van der Waals surface area contributed by atoms with Crippen molar-refractivity contribution in [1.29, 1.82) is 0 Å². The first-order valence-corrected chi connectivity index (χ1v) is 35.8. The van der Waals surface area contributed by atoms with E-state index in [2.05, 4.69) is 92.1 Å². The highest BCUT2D eigenvalue weighted by Crippen LogP contribution is 2.30. The molecular weight excluding hydrogens is 1110 g/mol. The van der Waals surface area contributed by atoms with Crippen LogP contribution in [0.1, 0.15) is 284 Å². The molecule has 2 saturated heterocycles. The molecule has 14 heteroatoms. The Labute approximate surface area is 535 Å². The van der Waals surface area contributed by atoms with Crippen LogP contribution in [0.15, 0.2) is 85.1 Å². The Balaban J connectivity index is 1.70. The van der Waals surface area contributed by atoms with Gasteiger partial charge in [-0.3, -0.25) is 4.79 Å². The number of aliphatic hydroxyl groups excluding tert-OH is 8. The number of carbonyl (C=O) groups excluding carboxylic acids is 1. The van der Waals surface area contributed by atoms with Gasteiger partial charge in [0.2, 0.25) is 5.91 Å². The van der Waals surface area contributed by atoms with Gasteiger partial charge in [0.05, 0.1) is 32.0 Å². The van der Waals surface area contributed by atoms with E-state index in [9.17, 15) is 45.6 Å². The molecule has 2 rings (SSSR count). The van der Waals surface area contributed by atoms with Crippen molar-refractivity contribution in [3.8, 4) is 0 Å². The number of unbranched alkanes of at least 4 members (excludes halogenated alkanes) is 33. The Morgan fingerprint density at radius 3 is 1.25 bits per heavy atom. The lowest BCUT2D eigenvalue weighted by atomic mass is 9.97. The lowest BCUT2D eigenvalue weighted by Crippen LogP contribution is -2.65. The number of amides is 1. The number of hydrogen-bond donors (Lipinski definition) is 9. The number of hydrogen-bond acceptors (Lipinski definition) is 13. The fourth-order valence-corrected chi connectivity index (χ4v) is 11.4. The summed E-state index contributed by atoms with van der Waals surface area (Å²) in [7, 11) is 0. The molecule has 0 saturated carbocycles. The average Bonchev–Trinajstić information content (AvgIpc) is 1.93. The van der Waals surface area contributed by atoms with Crippen LogP contribution in [0, 0.1) is 0 Å². The summed E-state index contributed by atoms with van der Waals surface area (Å²) in [6.07, 6.45) is 63.5. The van der Waals surface area contributed by atoms with Crippen molar-refractivity contribution >= 4 is 5.91 Å². The third-order valence-electron chi connectivity index (χ3n) is 17.1. The van der Waals surface area contributed by atoms with E-state index in [1.165, 1.54) is 180 Å². The summed E-state index contributed by atoms with van der Waals surface area (Å²) in [5, 5.41) is 87.5. The van der Waals surface area contributed by atoms with Crippen LogP contribution in [0.2, 0.25) is 0 Å². The maximum Gasteiger partial charge on any atom is 0.220 e. The van der Waals surface area contributed by atoms with Crippen LogP contribution in [0.3, 0.4) is 0 Å². The van der Waals surface area contributed by atoms with Crippen LogP contribution in [-0.4, -0.2) is 140 Å². The molecule has 2 aliphatic heterocycles.